The van der Waals surface area contributed by atoms with E-state index >= 15 is 0 Å². The second kappa shape index (κ2) is 7.16. The van der Waals surface area contributed by atoms with Gasteiger partial charge < -0.3 is 15.2 Å². The van der Waals surface area contributed by atoms with Gasteiger partial charge in [0, 0.05) is 10.5 Å². The zero-order chi connectivity index (χ0) is 15.4. The molecule has 2 aromatic rings. The summed E-state index contributed by atoms with van der Waals surface area (Å²) in [6, 6.07) is 11.6. The van der Waals surface area contributed by atoms with E-state index in [2.05, 4.69) is 22.0 Å². The first kappa shape index (κ1) is 16.1. The highest BCUT2D eigenvalue weighted by molar-refractivity contribution is 9.10. The van der Waals surface area contributed by atoms with Gasteiger partial charge in [-0.15, -0.1) is 0 Å². The number of rotatable bonds is 5. The lowest BCUT2D eigenvalue weighted by atomic mass is 9.99. The highest BCUT2D eigenvalue weighted by atomic mass is 79.9. The van der Waals surface area contributed by atoms with Gasteiger partial charge in [0.1, 0.15) is 0 Å². The third kappa shape index (κ3) is 3.90. The molecule has 0 amide bonds. The predicted molar refractivity (Wildman–Crippen MR) is 89.3 cm³/mol. The minimum absolute atomic E-state index is 0.170. The molecule has 0 fully saturated rings. The molecule has 0 aliphatic heterocycles. The summed E-state index contributed by atoms with van der Waals surface area (Å²) < 4.78 is 11.6. The smallest absolute Gasteiger partial charge is 0.179 e. The maximum atomic E-state index is 6.29. The van der Waals surface area contributed by atoms with E-state index in [1.54, 1.807) is 14.2 Å². The monoisotopic (exact) mass is 369 g/mol. The number of benzene rings is 2. The molecule has 0 saturated heterocycles. The van der Waals surface area contributed by atoms with E-state index in [1.165, 1.54) is 0 Å². The van der Waals surface area contributed by atoms with Crippen molar-refractivity contribution in [1.29, 1.82) is 0 Å². The lowest BCUT2D eigenvalue weighted by Gasteiger charge is -2.16. The summed E-state index contributed by atoms with van der Waals surface area (Å²) in [6.45, 7) is 0. The molecule has 2 aromatic carbocycles. The molecule has 0 radical (unpaired) electrons. The first-order valence-corrected chi connectivity index (χ1v) is 7.63. The Bertz CT molecular complexity index is 634. The Morgan fingerprint density at radius 3 is 2.57 bits per heavy atom. The summed E-state index contributed by atoms with van der Waals surface area (Å²) in [5, 5.41) is 0.497. The largest absolute Gasteiger partial charge is 0.493 e. The normalized spacial score (nSPS) is 12.0. The van der Waals surface area contributed by atoms with Gasteiger partial charge in [-0.25, -0.2) is 0 Å². The molecule has 1 unspecified atom stereocenters. The van der Waals surface area contributed by atoms with Crippen molar-refractivity contribution >= 4 is 27.5 Å². The van der Waals surface area contributed by atoms with Crippen LogP contribution in [-0.4, -0.2) is 14.2 Å². The van der Waals surface area contributed by atoms with Gasteiger partial charge in [-0.05, 0) is 41.8 Å². The lowest BCUT2D eigenvalue weighted by Crippen LogP contribution is -2.13. The zero-order valence-electron chi connectivity index (χ0n) is 11.9. The minimum Gasteiger partial charge on any atom is -0.493 e. The van der Waals surface area contributed by atoms with Crippen molar-refractivity contribution in [3.8, 4) is 11.5 Å². The number of ether oxygens (including phenoxy) is 2. The molecule has 5 heteroatoms. The van der Waals surface area contributed by atoms with E-state index in [0.29, 0.717) is 22.9 Å². The SMILES string of the molecule is COc1cc(C(N)Cc2cccc(Br)c2)cc(Cl)c1OC. The fourth-order valence-electron chi connectivity index (χ4n) is 2.19. The molecule has 21 heavy (non-hydrogen) atoms. The average molecular weight is 371 g/mol. The topological polar surface area (TPSA) is 44.5 Å². The summed E-state index contributed by atoms with van der Waals surface area (Å²) in [6.07, 6.45) is 0.714. The second-order valence-corrected chi connectivity index (χ2v) is 6.00. The number of hydrogen-bond donors (Lipinski definition) is 1. The van der Waals surface area contributed by atoms with Crippen molar-refractivity contribution in [2.45, 2.75) is 12.5 Å². The van der Waals surface area contributed by atoms with Gasteiger partial charge >= 0.3 is 0 Å². The Labute approximate surface area is 138 Å². The molecule has 0 saturated carbocycles. The summed E-state index contributed by atoms with van der Waals surface area (Å²) in [7, 11) is 3.14. The Balaban J connectivity index is 2.27. The van der Waals surface area contributed by atoms with Crippen LogP contribution in [0.25, 0.3) is 0 Å². The molecule has 0 aliphatic carbocycles. The highest BCUT2D eigenvalue weighted by Gasteiger charge is 2.15. The maximum absolute atomic E-state index is 6.29. The minimum atomic E-state index is -0.170. The molecule has 0 bridgehead atoms. The standard InChI is InChI=1S/C16H17BrClNO2/c1-20-15-9-11(8-13(18)16(15)21-2)14(19)7-10-4-3-5-12(17)6-10/h3-6,8-9,14H,7,19H2,1-2H3. The zero-order valence-corrected chi connectivity index (χ0v) is 14.2. The summed E-state index contributed by atoms with van der Waals surface area (Å²) in [5.41, 5.74) is 8.36. The van der Waals surface area contributed by atoms with Crippen molar-refractivity contribution in [1.82, 2.24) is 0 Å². The van der Waals surface area contributed by atoms with Crippen LogP contribution in [0.5, 0.6) is 11.5 Å². The van der Waals surface area contributed by atoms with E-state index in [4.69, 9.17) is 26.8 Å². The predicted octanol–water partition coefficient (Wildman–Crippen LogP) is 4.36. The van der Waals surface area contributed by atoms with E-state index in [9.17, 15) is 0 Å². The highest BCUT2D eigenvalue weighted by Crippen LogP contribution is 2.37. The summed E-state index contributed by atoms with van der Waals surface area (Å²) in [4.78, 5) is 0. The molecule has 3 nitrogen and oxygen atoms in total. The fraction of sp³-hybridized carbons (Fsp3) is 0.250. The van der Waals surface area contributed by atoms with Crippen LogP contribution < -0.4 is 15.2 Å². The average Bonchev–Trinajstić information content (AvgIpc) is 2.46. The molecule has 0 spiro atoms. The molecule has 2 rings (SSSR count). The quantitative estimate of drug-likeness (QED) is 0.850. The van der Waals surface area contributed by atoms with Crippen molar-refractivity contribution < 1.29 is 9.47 Å². The summed E-state index contributed by atoms with van der Waals surface area (Å²) >= 11 is 9.68. The van der Waals surface area contributed by atoms with Gasteiger partial charge in [-0.3, -0.25) is 0 Å². The molecule has 0 aliphatic rings. The van der Waals surface area contributed by atoms with Crippen LogP contribution >= 0.6 is 27.5 Å². The van der Waals surface area contributed by atoms with Gasteiger partial charge in [0.2, 0.25) is 0 Å². The first-order chi connectivity index (χ1) is 10.0. The number of halogens is 2. The van der Waals surface area contributed by atoms with E-state index in [-0.39, 0.29) is 6.04 Å². The molecular weight excluding hydrogens is 354 g/mol. The number of hydrogen-bond acceptors (Lipinski definition) is 3. The number of methoxy groups -OCH3 is 2. The van der Waals surface area contributed by atoms with Gasteiger partial charge in [-0.1, -0.05) is 39.7 Å². The molecule has 112 valence electrons. The van der Waals surface area contributed by atoms with Crippen molar-refractivity contribution in [3.63, 3.8) is 0 Å². The van der Waals surface area contributed by atoms with Crippen LogP contribution in [0.15, 0.2) is 40.9 Å². The lowest BCUT2D eigenvalue weighted by molar-refractivity contribution is 0.354. The molecule has 0 heterocycles. The van der Waals surface area contributed by atoms with E-state index < -0.39 is 0 Å². The Kier molecular flexibility index (Phi) is 5.51. The first-order valence-electron chi connectivity index (χ1n) is 6.46. The van der Waals surface area contributed by atoms with E-state index in [1.807, 2.05) is 30.3 Å². The van der Waals surface area contributed by atoms with Crippen molar-refractivity contribution in [2.24, 2.45) is 5.73 Å². The second-order valence-electron chi connectivity index (χ2n) is 4.68. The van der Waals surface area contributed by atoms with Crippen LogP contribution in [0.1, 0.15) is 17.2 Å². The Morgan fingerprint density at radius 2 is 1.95 bits per heavy atom. The maximum Gasteiger partial charge on any atom is 0.179 e. The molecule has 0 aromatic heterocycles. The molecular formula is C16H17BrClNO2. The van der Waals surface area contributed by atoms with Crippen LogP contribution in [0.3, 0.4) is 0 Å². The van der Waals surface area contributed by atoms with Crippen LogP contribution in [0.4, 0.5) is 0 Å². The van der Waals surface area contributed by atoms with Crippen molar-refractivity contribution in [3.05, 3.63) is 57.0 Å². The number of nitrogens with two attached hydrogens (primary N) is 1. The summed E-state index contributed by atoms with van der Waals surface area (Å²) in [5.74, 6) is 1.11. The van der Waals surface area contributed by atoms with Crippen molar-refractivity contribution in [2.75, 3.05) is 14.2 Å². The van der Waals surface area contributed by atoms with Crippen LogP contribution in [0, 0.1) is 0 Å². The molecule has 2 N–H and O–H groups in total. The Hall–Kier alpha value is -1.23. The van der Waals surface area contributed by atoms with Crippen LogP contribution in [0.2, 0.25) is 5.02 Å². The van der Waals surface area contributed by atoms with E-state index in [0.717, 1.165) is 15.6 Å². The Morgan fingerprint density at radius 1 is 1.19 bits per heavy atom. The van der Waals surface area contributed by atoms with Crippen LogP contribution in [-0.2, 0) is 6.42 Å². The third-order valence-electron chi connectivity index (χ3n) is 3.23. The van der Waals surface area contributed by atoms with Gasteiger partial charge in [0.15, 0.2) is 11.5 Å². The van der Waals surface area contributed by atoms with Gasteiger partial charge in [0.25, 0.3) is 0 Å². The fourth-order valence-corrected chi connectivity index (χ4v) is 2.93. The van der Waals surface area contributed by atoms with Gasteiger partial charge in [0.05, 0.1) is 19.2 Å². The van der Waals surface area contributed by atoms with Gasteiger partial charge in [-0.2, -0.15) is 0 Å². The third-order valence-corrected chi connectivity index (χ3v) is 4.00. The molecule has 1 atom stereocenters.